The van der Waals surface area contributed by atoms with Gasteiger partial charge in [-0.2, -0.15) is 0 Å². The van der Waals surface area contributed by atoms with E-state index in [2.05, 4.69) is 0 Å². The molecular weight excluding hydrogens is 251 g/mol. The van der Waals surface area contributed by atoms with E-state index < -0.39 is 23.2 Å². The van der Waals surface area contributed by atoms with Crippen molar-refractivity contribution in [1.82, 2.24) is 0 Å². The Hall–Kier alpha value is -2.11. The average Bonchev–Trinajstić information content (AvgIpc) is 2.72. The largest absolute Gasteiger partial charge is 0.480 e. The maximum Gasteiger partial charge on any atom is 0.329 e. The summed E-state index contributed by atoms with van der Waals surface area (Å²) >= 11 is 0. The molecule has 19 heavy (non-hydrogen) atoms. The van der Waals surface area contributed by atoms with E-state index in [-0.39, 0.29) is 5.56 Å². The van der Waals surface area contributed by atoms with E-state index in [4.69, 9.17) is 5.73 Å². The molecule has 1 aromatic rings. The van der Waals surface area contributed by atoms with Gasteiger partial charge in [-0.15, -0.1) is 0 Å². The fourth-order valence-corrected chi connectivity index (χ4v) is 2.51. The maximum absolute atomic E-state index is 13.2. The number of nitrogens with zero attached hydrogens (tertiary/aromatic N) is 1. The van der Waals surface area contributed by atoms with E-state index in [1.54, 1.807) is 11.8 Å². The first-order chi connectivity index (χ1) is 8.86. The van der Waals surface area contributed by atoms with Gasteiger partial charge in [-0.05, 0) is 38.0 Å². The summed E-state index contributed by atoms with van der Waals surface area (Å²) in [6.07, 6.45) is 1.16. The van der Waals surface area contributed by atoms with E-state index in [9.17, 15) is 19.1 Å². The van der Waals surface area contributed by atoms with Gasteiger partial charge in [0, 0.05) is 6.54 Å². The van der Waals surface area contributed by atoms with Gasteiger partial charge >= 0.3 is 5.97 Å². The zero-order valence-corrected chi connectivity index (χ0v) is 10.5. The van der Waals surface area contributed by atoms with Crippen LogP contribution in [-0.4, -0.2) is 29.1 Å². The molecule has 1 saturated heterocycles. The lowest BCUT2D eigenvalue weighted by molar-refractivity contribution is -0.142. The Morgan fingerprint density at radius 3 is 2.74 bits per heavy atom. The van der Waals surface area contributed by atoms with Gasteiger partial charge in [-0.25, -0.2) is 9.18 Å². The van der Waals surface area contributed by atoms with Gasteiger partial charge in [-0.3, -0.25) is 4.79 Å². The van der Waals surface area contributed by atoms with Gasteiger partial charge in [0.15, 0.2) is 0 Å². The third-order valence-corrected chi connectivity index (χ3v) is 3.62. The minimum Gasteiger partial charge on any atom is -0.480 e. The van der Waals surface area contributed by atoms with E-state index in [1.807, 2.05) is 0 Å². The molecule has 0 saturated carbocycles. The van der Waals surface area contributed by atoms with Crippen LogP contribution in [0.2, 0.25) is 0 Å². The highest BCUT2D eigenvalue weighted by Crippen LogP contribution is 2.36. The van der Waals surface area contributed by atoms with Crippen LogP contribution >= 0.6 is 0 Å². The molecule has 1 fully saturated rings. The summed E-state index contributed by atoms with van der Waals surface area (Å²) in [6, 6.07) is 3.64. The summed E-state index contributed by atoms with van der Waals surface area (Å²) < 4.78 is 13.2. The van der Waals surface area contributed by atoms with E-state index >= 15 is 0 Å². The first-order valence-corrected chi connectivity index (χ1v) is 5.96. The number of carbonyl (C=O) groups excluding carboxylic acids is 1. The summed E-state index contributed by atoms with van der Waals surface area (Å²) in [5, 5.41) is 9.36. The molecule has 0 bridgehead atoms. The highest BCUT2D eigenvalue weighted by molar-refractivity contribution is 6.00. The number of benzene rings is 1. The van der Waals surface area contributed by atoms with Crippen LogP contribution in [0.1, 0.15) is 30.1 Å². The van der Waals surface area contributed by atoms with Crippen molar-refractivity contribution in [3.63, 3.8) is 0 Å². The number of nitrogens with two attached hydrogens (primary N) is 1. The molecule has 3 N–H and O–H groups in total. The highest BCUT2D eigenvalue weighted by atomic mass is 19.1. The van der Waals surface area contributed by atoms with Crippen LogP contribution in [-0.2, 0) is 4.79 Å². The Morgan fingerprint density at radius 2 is 2.16 bits per heavy atom. The molecule has 1 aromatic carbocycles. The lowest BCUT2D eigenvalue weighted by Crippen LogP contribution is -2.48. The molecule has 1 aliphatic rings. The van der Waals surface area contributed by atoms with Crippen molar-refractivity contribution in [2.45, 2.75) is 25.3 Å². The fraction of sp³-hybridized carbons (Fsp3) is 0.385. The Labute approximate surface area is 109 Å². The molecule has 0 spiro atoms. The summed E-state index contributed by atoms with van der Waals surface area (Å²) in [5.41, 5.74) is 4.52. The maximum atomic E-state index is 13.2. The number of primary amides is 1. The summed E-state index contributed by atoms with van der Waals surface area (Å²) in [4.78, 5) is 24.4. The number of halogens is 1. The van der Waals surface area contributed by atoms with Crippen LogP contribution < -0.4 is 10.6 Å². The van der Waals surface area contributed by atoms with Crippen LogP contribution in [0, 0.1) is 5.82 Å². The quantitative estimate of drug-likeness (QED) is 0.865. The predicted molar refractivity (Wildman–Crippen MR) is 67.5 cm³/mol. The van der Waals surface area contributed by atoms with Gasteiger partial charge in [0.2, 0.25) is 0 Å². The number of rotatable bonds is 3. The minimum atomic E-state index is -1.10. The molecule has 1 heterocycles. The molecule has 102 valence electrons. The molecule has 6 heteroatoms. The number of anilines is 1. The van der Waals surface area contributed by atoms with E-state index in [0.717, 1.165) is 6.07 Å². The van der Waals surface area contributed by atoms with Gasteiger partial charge in [0.1, 0.15) is 11.4 Å². The number of aliphatic carboxylic acids is 1. The molecule has 0 aromatic heterocycles. The standard InChI is InChI=1S/C13H15FN2O3/c1-13(12(18)19)5-2-6-16(13)10-4-3-8(14)7-9(10)11(15)17/h3-4,7H,2,5-6H2,1H3,(H2,15,17)(H,18,19). The number of amides is 1. The molecule has 1 atom stereocenters. The SMILES string of the molecule is CC1(C(=O)O)CCCN1c1ccc(F)cc1C(N)=O. The van der Waals surface area contributed by atoms with Gasteiger partial charge in [0.05, 0.1) is 11.3 Å². The molecular formula is C13H15FN2O3. The van der Waals surface area contributed by atoms with Crippen molar-refractivity contribution in [1.29, 1.82) is 0 Å². The number of carboxylic acid groups (broad SMARTS) is 1. The second kappa shape index (κ2) is 4.53. The zero-order chi connectivity index (χ0) is 14.2. The second-order valence-electron chi connectivity index (χ2n) is 4.86. The van der Waals surface area contributed by atoms with Gasteiger partial charge in [0.25, 0.3) is 5.91 Å². The molecule has 1 amide bonds. The van der Waals surface area contributed by atoms with Crippen molar-refractivity contribution in [3.8, 4) is 0 Å². The van der Waals surface area contributed by atoms with Crippen molar-refractivity contribution in [2.75, 3.05) is 11.4 Å². The predicted octanol–water partition coefficient (Wildman–Crippen LogP) is 1.37. The molecule has 1 unspecified atom stereocenters. The number of carbonyl (C=O) groups is 2. The first kappa shape index (κ1) is 13.3. The topological polar surface area (TPSA) is 83.6 Å². The smallest absolute Gasteiger partial charge is 0.329 e. The van der Waals surface area contributed by atoms with Crippen LogP contribution in [0.3, 0.4) is 0 Å². The number of hydrogen-bond acceptors (Lipinski definition) is 3. The summed E-state index contributed by atoms with van der Waals surface area (Å²) in [6.45, 7) is 2.09. The molecule has 0 radical (unpaired) electrons. The van der Waals surface area contributed by atoms with Gasteiger partial charge in [-0.1, -0.05) is 0 Å². The monoisotopic (exact) mass is 266 g/mol. The molecule has 5 nitrogen and oxygen atoms in total. The zero-order valence-electron chi connectivity index (χ0n) is 10.5. The highest BCUT2D eigenvalue weighted by Gasteiger charge is 2.44. The van der Waals surface area contributed by atoms with Crippen LogP contribution in [0.5, 0.6) is 0 Å². The van der Waals surface area contributed by atoms with Crippen LogP contribution in [0.4, 0.5) is 10.1 Å². The van der Waals surface area contributed by atoms with E-state index in [0.29, 0.717) is 25.1 Å². The minimum absolute atomic E-state index is 0.00868. The average molecular weight is 266 g/mol. The fourth-order valence-electron chi connectivity index (χ4n) is 2.51. The second-order valence-corrected chi connectivity index (χ2v) is 4.86. The number of carboxylic acids is 1. The normalized spacial score (nSPS) is 22.5. The van der Waals surface area contributed by atoms with Crippen molar-refractivity contribution in [3.05, 3.63) is 29.6 Å². The summed E-state index contributed by atoms with van der Waals surface area (Å²) in [5.74, 6) is -2.31. The lowest BCUT2D eigenvalue weighted by Gasteiger charge is -2.34. The Kier molecular flexibility index (Phi) is 3.18. The first-order valence-electron chi connectivity index (χ1n) is 5.96. The Bertz CT molecular complexity index is 547. The Balaban J connectivity index is 2.53. The third kappa shape index (κ3) is 2.14. The molecule has 0 aliphatic carbocycles. The number of hydrogen-bond donors (Lipinski definition) is 2. The van der Waals surface area contributed by atoms with Crippen molar-refractivity contribution >= 4 is 17.6 Å². The van der Waals surface area contributed by atoms with Gasteiger partial charge < -0.3 is 15.7 Å². The van der Waals surface area contributed by atoms with Crippen molar-refractivity contribution in [2.24, 2.45) is 5.73 Å². The van der Waals surface area contributed by atoms with Crippen molar-refractivity contribution < 1.29 is 19.1 Å². The van der Waals surface area contributed by atoms with Crippen LogP contribution in [0.15, 0.2) is 18.2 Å². The Morgan fingerprint density at radius 1 is 1.47 bits per heavy atom. The molecule has 1 aliphatic heterocycles. The molecule has 2 rings (SSSR count). The van der Waals surface area contributed by atoms with Crippen LogP contribution in [0.25, 0.3) is 0 Å². The lowest BCUT2D eigenvalue weighted by atomic mass is 9.97. The third-order valence-electron chi connectivity index (χ3n) is 3.62. The summed E-state index contributed by atoms with van der Waals surface area (Å²) in [7, 11) is 0. The van der Waals surface area contributed by atoms with E-state index in [1.165, 1.54) is 12.1 Å².